The Balaban J connectivity index is 2.01. The summed E-state index contributed by atoms with van der Waals surface area (Å²) in [4.78, 5) is 14.0. The zero-order valence-electron chi connectivity index (χ0n) is 15.2. The van der Waals surface area contributed by atoms with Crippen LogP contribution in [0.15, 0.2) is 42.5 Å². The minimum atomic E-state index is -0.178. The quantitative estimate of drug-likeness (QED) is 0.729. The zero-order valence-corrected chi connectivity index (χ0v) is 15.2. The maximum absolute atomic E-state index is 12.4. The van der Waals surface area contributed by atoms with Crippen LogP contribution in [0.2, 0.25) is 0 Å². The maximum atomic E-state index is 12.4. The standard InChI is InChI=1S/C20H22N2O4/c1-4-25-19-11-15(12-21)9-10-18(19)26-14-20(23)22(2)13-16-7-5-6-8-17(16)24-3/h5-11H,4,13-14H2,1-3H3. The smallest absolute Gasteiger partial charge is 0.260 e. The van der Waals surface area contributed by atoms with Gasteiger partial charge in [-0.25, -0.2) is 0 Å². The van der Waals surface area contributed by atoms with Gasteiger partial charge < -0.3 is 19.1 Å². The second-order valence-corrected chi connectivity index (χ2v) is 5.56. The zero-order chi connectivity index (χ0) is 18.9. The lowest BCUT2D eigenvalue weighted by molar-refractivity contribution is -0.132. The average molecular weight is 354 g/mol. The molecule has 6 heteroatoms. The number of para-hydroxylation sites is 1. The van der Waals surface area contributed by atoms with Crippen molar-refractivity contribution in [2.45, 2.75) is 13.5 Å². The average Bonchev–Trinajstić information content (AvgIpc) is 2.67. The van der Waals surface area contributed by atoms with E-state index < -0.39 is 0 Å². The lowest BCUT2D eigenvalue weighted by atomic mass is 10.2. The van der Waals surface area contributed by atoms with E-state index in [0.29, 0.717) is 30.2 Å². The van der Waals surface area contributed by atoms with E-state index in [1.807, 2.05) is 31.2 Å². The molecule has 2 aromatic rings. The number of ether oxygens (including phenoxy) is 3. The molecule has 0 heterocycles. The molecule has 0 aromatic heterocycles. The molecule has 26 heavy (non-hydrogen) atoms. The van der Waals surface area contributed by atoms with Crippen molar-refractivity contribution in [2.24, 2.45) is 0 Å². The monoisotopic (exact) mass is 354 g/mol. The summed E-state index contributed by atoms with van der Waals surface area (Å²) >= 11 is 0. The molecule has 0 N–H and O–H groups in total. The van der Waals surface area contributed by atoms with Crippen LogP contribution in [0.1, 0.15) is 18.1 Å². The Bertz CT molecular complexity index is 799. The van der Waals surface area contributed by atoms with Gasteiger partial charge in [-0.05, 0) is 25.1 Å². The molecule has 2 rings (SSSR count). The molecule has 0 unspecified atom stereocenters. The van der Waals surface area contributed by atoms with Crippen molar-refractivity contribution >= 4 is 5.91 Å². The number of hydrogen-bond donors (Lipinski definition) is 0. The number of hydrogen-bond acceptors (Lipinski definition) is 5. The number of carbonyl (C=O) groups excluding carboxylic acids is 1. The fourth-order valence-corrected chi connectivity index (χ4v) is 2.39. The van der Waals surface area contributed by atoms with Crippen molar-refractivity contribution in [3.63, 3.8) is 0 Å². The third-order valence-corrected chi connectivity index (χ3v) is 3.75. The van der Waals surface area contributed by atoms with E-state index in [4.69, 9.17) is 19.5 Å². The Morgan fingerprint density at radius 1 is 1.12 bits per heavy atom. The van der Waals surface area contributed by atoms with E-state index >= 15 is 0 Å². The molecule has 0 spiro atoms. The Morgan fingerprint density at radius 2 is 1.88 bits per heavy atom. The molecule has 2 aromatic carbocycles. The van der Waals surface area contributed by atoms with Crippen LogP contribution in [0, 0.1) is 11.3 Å². The van der Waals surface area contributed by atoms with Gasteiger partial charge in [0.1, 0.15) is 5.75 Å². The first-order valence-corrected chi connectivity index (χ1v) is 8.24. The maximum Gasteiger partial charge on any atom is 0.260 e. The predicted octanol–water partition coefficient (Wildman–Crippen LogP) is 3.00. The number of nitriles is 1. The molecule has 0 aliphatic heterocycles. The molecular formula is C20H22N2O4. The van der Waals surface area contributed by atoms with E-state index in [-0.39, 0.29) is 12.5 Å². The molecule has 0 saturated heterocycles. The van der Waals surface area contributed by atoms with E-state index in [0.717, 1.165) is 11.3 Å². The number of nitrogens with zero attached hydrogens (tertiary/aromatic N) is 2. The van der Waals surface area contributed by atoms with Crippen LogP contribution in [0.5, 0.6) is 17.2 Å². The Morgan fingerprint density at radius 3 is 2.58 bits per heavy atom. The highest BCUT2D eigenvalue weighted by molar-refractivity contribution is 5.77. The minimum absolute atomic E-state index is 0.127. The van der Waals surface area contributed by atoms with E-state index in [2.05, 4.69) is 6.07 Å². The molecule has 0 bridgehead atoms. The van der Waals surface area contributed by atoms with Crippen LogP contribution in [-0.4, -0.2) is 38.2 Å². The van der Waals surface area contributed by atoms with Crippen LogP contribution < -0.4 is 14.2 Å². The highest BCUT2D eigenvalue weighted by atomic mass is 16.5. The van der Waals surface area contributed by atoms with Gasteiger partial charge >= 0.3 is 0 Å². The predicted molar refractivity (Wildman–Crippen MR) is 97.3 cm³/mol. The van der Waals surface area contributed by atoms with Crippen LogP contribution in [0.25, 0.3) is 0 Å². The summed E-state index contributed by atoms with van der Waals surface area (Å²) < 4.78 is 16.4. The first kappa shape index (κ1) is 19.1. The number of amides is 1. The van der Waals surface area contributed by atoms with Crippen molar-refractivity contribution in [3.8, 4) is 23.3 Å². The molecule has 0 radical (unpaired) electrons. The van der Waals surface area contributed by atoms with Gasteiger partial charge in [-0.3, -0.25) is 4.79 Å². The lowest BCUT2D eigenvalue weighted by Gasteiger charge is -2.19. The molecule has 0 aliphatic rings. The van der Waals surface area contributed by atoms with Gasteiger partial charge in [-0.1, -0.05) is 18.2 Å². The number of likely N-dealkylation sites (N-methyl/N-ethyl adjacent to an activating group) is 1. The Hall–Kier alpha value is -3.20. The summed E-state index contributed by atoms with van der Waals surface area (Å²) in [5, 5.41) is 8.98. The lowest BCUT2D eigenvalue weighted by Crippen LogP contribution is -2.31. The minimum Gasteiger partial charge on any atom is -0.496 e. The van der Waals surface area contributed by atoms with Gasteiger partial charge in [0.2, 0.25) is 0 Å². The van der Waals surface area contributed by atoms with Crippen LogP contribution in [-0.2, 0) is 11.3 Å². The molecule has 0 aliphatic carbocycles. The number of carbonyl (C=O) groups is 1. The summed E-state index contributed by atoms with van der Waals surface area (Å²) in [6.07, 6.45) is 0. The topological polar surface area (TPSA) is 71.8 Å². The Kier molecular flexibility index (Phi) is 6.86. The normalized spacial score (nSPS) is 9.92. The molecule has 0 fully saturated rings. The van der Waals surface area contributed by atoms with Gasteiger partial charge in [0.15, 0.2) is 18.1 Å². The van der Waals surface area contributed by atoms with Gasteiger partial charge in [0.25, 0.3) is 5.91 Å². The highest BCUT2D eigenvalue weighted by Crippen LogP contribution is 2.28. The van der Waals surface area contributed by atoms with Crippen molar-refractivity contribution < 1.29 is 19.0 Å². The number of methoxy groups -OCH3 is 1. The second kappa shape index (κ2) is 9.33. The molecule has 0 atom stereocenters. The highest BCUT2D eigenvalue weighted by Gasteiger charge is 2.14. The third kappa shape index (κ3) is 4.90. The fraction of sp³-hybridized carbons (Fsp3) is 0.300. The fourth-order valence-electron chi connectivity index (χ4n) is 2.39. The molecule has 136 valence electrons. The summed E-state index contributed by atoms with van der Waals surface area (Å²) in [7, 11) is 3.31. The second-order valence-electron chi connectivity index (χ2n) is 5.56. The van der Waals surface area contributed by atoms with Crippen molar-refractivity contribution in [1.82, 2.24) is 4.90 Å². The van der Waals surface area contributed by atoms with E-state index in [1.165, 1.54) is 0 Å². The van der Waals surface area contributed by atoms with Crippen molar-refractivity contribution in [2.75, 3.05) is 27.4 Å². The third-order valence-electron chi connectivity index (χ3n) is 3.75. The van der Waals surface area contributed by atoms with Crippen LogP contribution >= 0.6 is 0 Å². The van der Waals surface area contributed by atoms with E-state index in [1.54, 1.807) is 37.3 Å². The first-order valence-electron chi connectivity index (χ1n) is 8.24. The SMILES string of the molecule is CCOc1cc(C#N)ccc1OCC(=O)N(C)Cc1ccccc1OC. The summed E-state index contributed by atoms with van der Waals surface area (Å²) in [5.74, 6) is 1.44. The van der Waals surface area contributed by atoms with E-state index in [9.17, 15) is 4.79 Å². The Labute approximate surface area is 153 Å². The van der Waals surface area contributed by atoms with Crippen LogP contribution in [0.3, 0.4) is 0 Å². The van der Waals surface area contributed by atoms with Crippen molar-refractivity contribution in [3.05, 3.63) is 53.6 Å². The molecule has 1 amide bonds. The van der Waals surface area contributed by atoms with Gasteiger partial charge in [-0.15, -0.1) is 0 Å². The summed E-state index contributed by atoms with van der Waals surface area (Å²) in [6.45, 7) is 2.57. The van der Waals surface area contributed by atoms with Crippen molar-refractivity contribution in [1.29, 1.82) is 5.26 Å². The van der Waals surface area contributed by atoms with Gasteiger partial charge in [0.05, 0.1) is 25.3 Å². The molecule has 0 saturated carbocycles. The van der Waals surface area contributed by atoms with Crippen LogP contribution in [0.4, 0.5) is 0 Å². The van der Waals surface area contributed by atoms with Gasteiger partial charge in [-0.2, -0.15) is 5.26 Å². The van der Waals surface area contributed by atoms with Gasteiger partial charge in [0, 0.05) is 25.2 Å². The number of benzene rings is 2. The molecular weight excluding hydrogens is 332 g/mol. The number of rotatable bonds is 8. The summed E-state index contributed by atoms with van der Waals surface area (Å²) in [6, 6.07) is 14.5. The molecule has 6 nitrogen and oxygen atoms in total. The largest absolute Gasteiger partial charge is 0.496 e. The summed E-state index contributed by atoms with van der Waals surface area (Å²) in [5.41, 5.74) is 1.39. The first-order chi connectivity index (χ1) is 12.6.